The largest absolute Gasteiger partial charge is 0.343 e. The molecule has 2 atom stereocenters. The predicted molar refractivity (Wildman–Crippen MR) is 89.3 cm³/mol. The third-order valence-corrected chi connectivity index (χ3v) is 3.96. The van der Waals surface area contributed by atoms with Crippen molar-refractivity contribution in [3.05, 3.63) is 35.5 Å². The van der Waals surface area contributed by atoms with E-state index in [1.807, 2.05) is 0 Å². The molecule has 24 heavy (non-hydrogen) atoms. The van der Waals surface area contributed by atoms with E-state index in [1.54, 1.807) is 26.0 Å². The van der Waals surface area contributed by atoms with Crippen molar-refractivity contribution >= 4 is 18.3 Å². The molecule has 1 aliphatic rings. The van der Waals surface area contributed by atoms with E-state index in [0.29, 0.717) is 22.8 Å². The van der Waals surface area contributed by atoms with E-state index in [0.717, 1.165) is 19.4 Å². The molecular formula is C16H20ClFN4O2. The van der Waals surface area contributed by atoms with Crippen LogP contribution in [-0.4, -0.2) is 28.6 Å². The Kier molecular flexibility index (Phi) is 5.90. The van der Waals surface area contributed by atoms with Gasteiger partial charge in [0.05, 0.1) is 6.04 Å². The zero-order valence-corrected chi connectivity index (χ0v) is 14.3. The summed E-state index contributed by atoms with van der Waals surface area (Å²) in [6.45, 7) is 4.33. The quantitative estimate of drug-likeness (QED) is 0.882. The van der Waals surface area contributed by atoms with Crippen LogP contribution in [0.5, 0.6) is 0 Å². The molecule has 1 fully saturated rings. The molecule has 6 nitrogen and oxygen atoms in total. The highest BCUT2D eigenvalue weighted by molar-refractivity contribution is 5.85. The van der Waals surface area contributed by atoms with Crippen molar-refractivity contribution in [2.75, 3.05) is 6.54 Å². The number of benzene rings is 1. The van der Waals surface area contributed by atoms with E-state index in [9.17, 15) is 9.18 Å². The molecule has 3 rings (SSSR count). The summed E-state index contributed by atoms with van der Waals surface area (Å²) >= 11 is 0. The van der Waals surface area contributed by atoms with E-state index in [-0.39, 0.29) is 36.2 Å². The maximum Gasteiger partial charge on any atom is 0.249 e. The highest BCUT2D eigenvalue weighted by atomic mass is 35.5. The molecular weight excluding hydrogens is 335 g/mol. The monoisotopic (exact) mass is 354 g/mol. The van der Waals surface area contributed by atoms with Crippen molar-refractivity contribution in [2.45, 2.75) is 38.8 Å². The van der Waals surface area contributed by atoms with Crippen molar-refractivity contribution in [2.24, 2.45) is 0 Å². The molecule has 1 saturated heterocycles. The Balaban J connectivity index is 0.00000208. The van der Waals surface area contributed by atoms with Gasteiger partial charge >= 0.3 is 0 Å². The van der Waals surface area contributed by atoms with Crippen molar-refractivity contribution in [3.8, 4) is 11.4 Å². The summed E-state index contributed by atoms with van der Waals surface area (Å²) in [6.07, 6.45) is 1.84. The Labute approximate surface area is 145 Å². The first-order chi connectivity index (χ1) is 11.0. The van der Waals surface area contributed by atoms with Gasteiger partial charge in [0.2, 0.25) is 17.6 Å². The Morgan fingerprint density at radius 2 is 2.29 bits per heavy atom. The first kappa shape index (κ1) is 18.4. The standard InChI is InChI=1S/C16H19FN4O2.ClH/c1-9-8-11(5-6-12(9)17)14-20-16(23-21-14)10(2)19-15(22)13-4-3-7-18-13;/h5-6,8,10,13,18H,3-4,7H2,1-2H3,(H,19,22);1H. The number of carbonyl (C=O) groups excluding carboxylic acids is 1. The molecule has 2 unspecified atom stereocenters. The summed E-state index contributed by atoms with van der Waals surface area (Å²) in [5.74, 6) is 0.367. The van der Waals surface area contributed by atoms with E-state index in [1.165, 1.54) is 6.07 Å². The lowest BCUT2D eigenvalue weighted by Crippen LogP contribution is -2.41. The van der Waals surface area contributed by atoms with Crippen molar-refractivity contribution in [3.63, 3.8) is 0 Å². The summed E-state index contributed by atoms with van der Waals surface area (Å²) in [5.41, 5.74) is 1.19. The molecule has 130 valence electrons. The van der Waals surface area contributed by atoms with Gasteiger partial charge < -0.3 is 15.2 Å². The molecule has 1 aliphatic heterocycles. The third kappa shape index (κ3) is 3.91. The molecule has 1 amide bonds. The highest BCUT2D eigenvalue weighted by Gasteiger charge is 2.25. The van der Waals surface area contributed by atoms with Gasteiger partial charge in [-0.2, -0.15) is 4.98 Å². The first-order valence-electron chi connectivity index (χ1n) is 7.68. The second kappa shape index (κ2) is 7.72. The Morgan fingerprint density at radius 1 is 1.50 bits per heavy atom. The van der Waals surface area contributed by atoms with Crippen LogP contribution in [0.3, 0.4) is 0 Å². The van der Waals surface area contributed by atoms with Crippen LogP contribution < -0.4 is 10.6 Å². The van der Waals surface area contributed by atoms with Gasteiger partial charge in [0, 0.05) is 5.56 Å². The molecule has 1 aromatic heterocycles. The molecule has 1 aromatic carbocycles. The van der Waals surface area contributed by atoms with Crippen molar-refractivity contribution < 1.29 is 13.7 Å². The van der Waals surface area contributed by atoms with Crippen LogP contribution in [0.4, 0.5) is 4.39 Å². The van der Waals surface area contributed by atoms with Gasteiger partial charge in [-0.1, -0.05) is 5.16 Å². The number of halogens is 2. The second-order valence-electron chi connectivity index (χ2n) is 5.80. The molecule has 2 heterocycles. The smallest absolute Gasteiger partial charge is 0.249 e. The second-order valence-corrected chi connectivity index (χ2v) is 5.80. The Hall–Kier alpha value is -1.99. The molecule has 2 aromatic rings. The maximum absolute atomic E-state index is 13.3. The highest BCUT2D eigenvalue weighted by Crippen LogP contribution is 2.21. The van der Waals surface area contributed by atoms with E-state index in [2.05, 4.69) is 20.8 Å². The molecule has 2 N–H and O–H groups in total. The average Bonchev–Trinajstić information content (AvgIpc) is 3.21. The number of rotatable bonds is 4. The Bertz CT molecular complexity index is 716. The topological polar surface area (TPSA) is 80.0 Å². The molecule has 0 aliphatic carbocycles. The van der Waals surface area contributed by atoms with Gasteiger partial charge in [-0.25, -0.2) is 4.39 Å². The number of aryl methyl sites for hydroxylation is 1. The van der Waals surface area contributed by atoms with Crippen LogP contribution in [0.25, 0.3) is 11.4 Å². The number of hydrogen-bond donors (Lipinski definition) is 2. The molecule has 0 bridgehead atoms. The lowest BCUT2D eigenvalue weighted by atomic mass is 10.1. The first-order valence-corrected chi connectivity index (χ1v) is 7.68. The van der Waals surface area contributed by atoms with Crippen LogP contribution in [0.1, 0.15) is 37.3 Å². The number of amides is 1. The van der Waals surface area contributed by atoms with E-state index >= 15 is 0 Å². The summed E-state index contributed by atoms with van der Waals surface area (Å²) in [4.78, 5) is 16.4. The fourth-order valence-corrected chi connectivity index (χ4v) is 2.60. The summed E-state index contributed by atoms with van der Waals surface area (Å²) < 4.78 is 18.5. The lowest BCUT2D eigenvalue weighted by molar-refractivity contribution is -0.123. The molecule has 0 radical (unpaired) electrons. The Morgan fingerprint density at radius 3 is 2.96 bits per heavy atom. The maximum atomic E-state index is 13.3. The minimum atomic E-state index is -0.382. The van der Waals surface area contributed by atoms with Gasteiger partial charge in [0.15, 0.2) is 0 Å². The third-order valence-electron chi connectivity index (χ3n) is 3.96. The molecule has 0 spiro atoms. The SMILES string of the molecule is Cc1cc(-c2noc(C(C)NC(=O)C3CCCN3)n2)ccc1F.Cl. The van der Waals surface area contributed by atoms with E-state index < -0.39 is 0 Å². The van der Waals surface area contributed by atoms with Crippen molar-refractivity contribution in [1.29, 1.82) is 0 Å². The lowest BCUT2D eigenvalue weighted by Gasteiger charge is -2.14. The number of carbonyl (C=O) groups is 1. The predicted octanol–water partition coefficient (Wildman–Crippen LogP) is 2.54. The molecule has 0 saturated carbocycles. The average molecular weight is 355 g/mol. The number of nitrogens with zero attached hydrogens (tertiary/aromatic N) is 2. The van der Waals surface area contributed by atoms with Crippen LogP contribution >= 0.6 is 12.4 Å². The van der Waals surface area contributed by atoms with Crippen LogP contribution in [0, 0.1) is 12.7 Å². The van der Waals surface area contributed by atoms with Gasteiger partial charge in [0.25, 0.3) is 0 Å². The fourth-order valence-electron chi connectivity index (χ4n) is 2.60. The zero-order chi connectivity index (χ0) is 16.4. The van der Waals surface area contributed by atoms with Gasteiger partial charge in [0.1, 0.15) is 11.9 Å². The summed E-state index contributed by atoms with van der Waals surface area (Å²) in [6, 6.07) is 4.10. The molecule has 8 heteroatoms. The fraction of sp³-hybridized carbons (Fsp3) is 0.438. The van der Waals surface area contributed by atoms with Crippen LogP contribution in [0.15, 0.2) is 22.7 Å². The summed E-state index contributed by atoms with van der Waals surface area (Å²) in [7, 11) is 0. The van der Waals surface area contributed by atoms with Crippen LogP contribution in [0.2, 0.25) is 0 Å². The van der Waals surface area contributed by atoms with E-state index in [4.69, 9.17) is 4.52 Å². The minimum Gasteiger partial charge on any atom is -0.343 e. The number of nitrogens with one attached hydrogen (secondary N) is 2. The normalized spacial score (nSPS) is 18.0. The number of aromatic nitrogens is 2. The number of hydrogen-bond acceptors (Lipinski definition) is 5. The zero-order valence-electron chi connectivity index (χ0n) is 13.5. The van der Waals surface area contributed by atoms with Crippen molar-refractivity contribution in [1.82, 2.24) is 20.8 Å². The minimum absolute atomic E-state index is 0. The van der Waals surface area contributed by atoms with Crippen LogP contribution in [-0.2, 0) is 4.79 Å². The summed E-state index contributed by atoms with van der Waals surface area (Å²) in [5, 5.41) is 9.91. The van der Waals surface area contributed by atoms with Gasteiger partial charge in [-0.05, 0) is 57.0 Å². The van der Waals surface area contributed by atoms with Gasteiger partial charge in [-0.3, -0.25) is 4.79 Å². The van der Waals surface area contributed by atoms with Gasteiger partial charge in [-0.15, -0.1) is 12.4 Å².